The largest absolute Gasteiger partial charge is 0.490 e. The first-order chi connectivity index (χ1) is 16.4. The minimum atomic E-state index is -0.650. The molecular formula is C25H19FN2O6. The summed E-state index contributed by atoms with van der Waals surface area (Å²) in [5.74, 6) is -0.215. The Morgan fingerprint density at radius 2 is 1.88 bits per heavy atom. The predicted octanol–water partition coefficient (Wildman–Crippen LogP) is 5.06. The zero-order chi connectivity index (χ0) is 24.1. The van der Waals surface area contributed by atoms with Crippen LogP contribution in [0.15, 0.2) is 77.4 Å². The van der Waals surface area contributed by atoms with Crippen molar-refractivity contribution in [1.82, 2.24) is 0 Å². The van der Waals surface area contributed by atoms with E-state index < -0.39 is 16.7 Å². The van der Waals surface area contributed by atoms with Crippen LogP contribution in [-0.2, 0) is 16.1 Å². The Morgan fingerprint density at radius 3 is 2.65 bits per heavy atom. The van der Waals surface area contributed by atoms with Crippen LogP contribution in [0.3, 0.4) is 0 Å². The molecule has 1 heterocycles. The molecule has 0 N–H and O–H groups in total. The number of esters is 1. The Balaban J connectivity index is 1.55. The van der Waals surface area contributed by atoms with Crippen LogP contribution in [0.2, 0.25) is 0 Å². The third kappa shape index (κ3) is 5.26. The van der Waals surface area contributed by atoms with Crippen molar-refractivity contribution in [3.05, 3.63) is 105 Å². The van der Waals surface area contributed by atoms with Crippen LogP contribution in [0, 0.1) is 15.9 Å². The second kappa shape index (κ2) is 9.95. The summed E-state index contributed by atoms with van der Waals surface area (Å²) in [6.07, 6.45) is 1.53. The molecule has 172 valence electrons. The number of rotatable bonds is 8. The van der Waals surface area contributed by atoms with Crippen LogP contribution >= 0.6 is 0 Å². The molecule has 0 fully saturated rings. The van der Waals surface area contributed by atoms with E-state index in [-0.39, 0.29) is 23.9 Å². The van der Waals surface area contributed by atoms with Gasteiger partial charge < -0.3 is 14.2 Å². The molecule has 1 aliphatic heterocycles. The van der Waals surface area contributed by atoms with Gasteiger partial charge in [0.05, 0.1) is 11.5 Å². The first kappa shape index (κ1) is 22.7. The van der Waals surface area contributed by atoms with Gasteiger partial charge in [-0.3, -0.25) is 10.1 Å². The van der Waals surface area contributed by atoms with Crippen molar-refractivity contribution in [2.75, 3.05) is 6.61 Å². The fourth-order valence-corrected chi connectivity index (χ4v) is 3.23. The highest BCUT2D eigenvalue weighted by Crippen LogP contribution is 2.31. The van der Waals surface area contributed by atoms with Crippen LogP contribution in [0.5, 0.6) is 11.5 Å². The molecule has 3 aromatic rings. The number of non-ortho nitro benzene ring substituents is 1. The molecule has 3 aromatic carbocycles. The number of aliphatic imine (C=N–C) groups is 1. The van der Waals surface area contributed by atoms with Gasteiger partial charge in [0, 0.05) is 17.7 Å². The van der Waals surface area contributed by atoms with Gasteiger partial charge in [0.25, 0.3) is 5.69 Å². The zero-order valence-corrected chi connectivity index (χ0v) is 18.1. The summed E-state index contributed by atoms with van der Waals surface area (Å²) in [7, 11) is 0. The molecule has 0 spiro atoms. The van der Waals surface area contributed by atoms with E-state index in [2.05, 4.69) is 4.99 Å². The normalized spacial score (nSPS) is 14.0. The summed E-state index contributed by atoms with van der Waals surface area (Å²) in [5, 5.41) is 11.0. The predicted molar refractivity (Wildman–Crippen MR) is 122 cm³/mol. The van der Waals surface area contributed by atoms with E-state index in [0.717, 1.165) is 0 Å². The van der Waals surface area contributed by atoms with Crippen LogP contribution in [0.1, 0.15) is 23.6 Å². The lowest BCUT2D eigenvalue weighted by atomic mass is 10.1. The van der Waals surface area contributed by atoms with Crippen LogP contribution < -0.4 is 9.47 Å². The number of ether oxygens (including phenoxy) is 3. The summed E-state index contributed by atoms with van der Waals surface area (Å²) in [6, 6.07) is 16.9. The van der Waals surface area contributed by atoms with Gasteiger partial charge in [0.15, 0.2) is 17.2 Å². The highest BCUT2D eigenvalue weighted by molar-refractivity contribution is 6.12. The number of hydrogen-bond acceptors (Lipinski definition) is 7. The van der Waals surface area contributed by atoms with Gasteiger partial charge in [-0.1, -0.05) is 24.3 Å². The topological polar surface area (TPSA) is 100 Å². The third-order valence-corrected chi connectivity index (χ3v) is 4.78. The second-order valence-electron chi connectivity index (χ2n) is 7.20. The molecule has 0 aromatic heterocycles. The van der Waals surface area contributed by atoms with E-state index in [1.807, 2.05) is 6.92 Å². The molecular weight excluding hydrogens is 443 g/mol. The van der Waals surface area contributed by atoms with Crippen molar-refractivity contribution in [3.8, 4) is 11.5 Å². The number of carbonyl (C=O) groups excluding carboxylic acids is 1. The van der Waals surface area contributed by atoms with Gasteiger partial charge in [0.1, 0.15) is 12.4 Å². The molecule has 0 saturated carbocycles. The molecule has 4 rings (SSSR count). The molecule has 0 atom stereocenters. The van der Waals surface area contributed by atoms with Crippen LogP contribution in [-0.4, -0.2) is 23.4 Å². The molecule has 1 aliphatic rings. The van der Waals surface area contributed by atoms with Gasteiger partial charge in [-0.15, -0.1) is 0 Å². The van der Waals surface area contributed by atoms with Crippen LogP contribution in [0.25, 0.3) is 6.08 Å². The van der Waals surface area contributed by atoms with Gasteiger partial charge >= 0.3 is 5.97 Å². The summed E-state index contributed by atoms with van der Waals surface area (Å²) in [5.41, 5.74) is 1.65. The number of halogens is 1. The van der Waals surface area contributed by atoms with Gasteiger partial charge in [-0.2, -0.15) is 0 Å². The third-order valence-electron chi connectivity index (χ3n) is 4.78. The molecule has 8 nitrogen and oxygen atoms in total. The SMILES string of the molecule is CCOc1cc(/C=C2/N=C(c3cccc(F)c3)OC2=O)ccc1OCc1cccc([N+](=O)[O-])c1. The highest BCUT2D eigenvalue weighted by atomic mass is 19.1. The van der Waals surface area contributed by atoms with Gasteiger partial charge in [-0.05, 0) is 54.5 Å². The van der Waals surface area contributed by atoms with Crippen LogP contribution in [0.4, 0.5) is 10.1 Å². The monoisotopic (exact) mass is 462 g/mol. The Kier molecular flexibility index (Phi) is 6.63. The van der Waals surface area contributed by atoms with E-state index in [4.69, 9.17) is 14.2 Å². The molecule has 9 heteroatoms. The van der Waals surface area contributed by atoms with Crippen molar-refractivity contribution >= 4 is 23.6 Å². The molecule has 0 bridgehead atoms. The van der Waals surface area contributed by atoms with Crippen molar-refractivity contribution < 1.29 is 28.3 Å². The molecule has 0 aliphatic carbocycles. The smallest absolute Gasteiger partial charge is 0.363 e. The lowest BCUT2D eigenvalue weighted by molar-refractivity contribution is -0.384. The summed E-state index contributed by atoms with van der Waals surface area (Å²) < 4.78 is 30.1. The summed E-state index contributed by atoms with van der Waals surface area (Å²) >= 11 is 0. The Labute approximate surface area is 194 Å². The average molecular weight is 462 g/mol. The number of cyclic esters (lactones) is 1. The fourth-order valence-electron chi connectivity index (χ4n) is 3.23. The molecule has 0 amide bonds. The van der Waals surface area contributed by atoms with E-state index >= 15 is 0 Å². The maximum atomic E-state index is 13.5. The average Bonchev–Trinajstić information content (AvgIpc) is 3.19. The first-order valence-corrected chi connectivity index (χ1v) is 10.3. The molecule has 0 saturated heterocycles. The minimum absolute atomic E-state index is 0.0188. The van der Waals surface area contributed by atoms with E-state index in [0.29, 0.717) is 34.8 Å². The number of nitrogens with zero attached hydrogens (tertiary/aromatic N) is 2. The Hall–Kier alpha value is -4.53. The van der Waals surface area contributed by atoms with E-state index in [1.165, 1.54) is 36.4 Å². The van der Waals surface area contributed by atoms with Crippen molar-refractivity contribution in [1.29, 1.82) is 0 Å². The van der Waals surface area contributed by atoms with Gasteiger partial charge in [-0.25, -0.2) is 14.2 Å². The second-order valence-corrected chi connectivity index (χ2v) is 7.20. The maximum Gasteiger partial charge on any atom is 0.363 e. The fraction of sp³-hybridized carbons (Fsp3) is 0.120. The van der Waals surface area contributed by atoms with Crippen molar-refractivity contribution in [3.63, 3.8) is 0 Å². The standard InChI is InChI=1S/C25H19FN2O6/c1-2-32-23-13-16(9-10-22(23)33-15-17-5-3-8-20(11-17)28(30)31)12-21-25(29)34-24(27-21)18-6-4-7-19(26)14-18/h3-14H,2,15H2,1H3/b21-12+. The lowest BCUT2D eigenvalue weighted by Gasteiger charge is -2.13. The van der Waals surface area contributed by atoms with Gasteiger partial charge in [0.2, 0.25) is 5.90 Å². The molecule has 0 radical (unpaired) electrons. The maximum absolute atomic E-state index is 13.5. The molecule has 34 heavy (non-hydrogen) atoms. The highest BCUT2D eigenvalue weighted by Gasteiger charge is 2.24. The minimum Gasteiger partial charge on any atom is -0.490 e. The quantitative estimate of drug-likeness (QED) is 0.201. The Bertz CT molecular complexity index is 1320. The summed E-state index contributed by atoms with van der Waals surface area (Å²) in [6.45, 7) is 2.30. The van der Waals surface area contributed by atoms with E-state index in [1.54, 1.807) is 36.4 Å². The molecule has 0 unspecified atom stereocenters. The van der Waals surface area contributed by atoms with Crippen molar-refractivity contribution in [2.45, 2.75) is 13.5 Å². The number of benzene rings is 3. The Morgan fingerprint density at radius 1 is 1.06 bits per heavy atom. The number of nitro groups is 1. The first-order valence-electron chi connectivity index (χ1n) is 10.3. The van der Waals surface area contributed by atoms with Crippen molar-refractivity contribution in [2.24, 2.45) is 4.99 Å². The number of nitro benzene ring substituents is 1. The number of hydrogen-bond donors (Lipinski definition) is 0. The number of carbonyl (C=O) groups is 1. The lowest BCUT2D eigenvalue weighted by Crippen LogP contribution is -2.05. The summed E-state index contributed by atoms with van der Waals surface area (Å²) in [4.78, 5) is 26.9. The van der Waals surface area contributed by atoms with E-state index in [9.17, 15) is 19.3 Å². The zero-order valence-electron chi connectivity index (χ0n) is 18.1.